The van der Waals surface area contributed by atoms with Gasteiger partial charge in [0, 0.05) is 37.2 Å². The maximum atomic E-state index is 12.8. The standard InChI is InChI=1S/C18H24ClN3O5/c1-17(2,3)21-16(26)20-11-4-5-13(19)12(10-11)14(23)22-8-6-18(27,7-9-22)15(24)25/h4-5,10,27H,6-9H2,1-3H3,(H,24,25)(H2,20,21,26). The predicted molar refractivity (Wildman–Crippen MR) is 101 cm³/mol. The van der Waals surface area contributed by atoms with E-state index in [0.717, 1.165) is 0 Å². The van der Waals surface area contributed by atoms with Gasteiger partial charge >= 0.3 is 12.0 Å². The van der Waals surface area contributed by atoms with Crippen molar-refractivity contribution < 1.29 is 24.6 Å². The predicted octanol–water partition coefficient (Wildman–Crippen LogP) is 2.31. The molecule has 0 unspecified atom stereocenters. The second-order valence-electron chi connectivity index (χ2n) is 7.65. The van der Waals surface area contributed by atoms with Gasteiger partial charge in [-0.1, -0.05) is 11.6 Å². The minimum absolute atomic E-state index is 0.0579. The van der Waals surface area contributed by atoms with Crippen LogP contribution in [0.1, 0.15) is 44.0 Å². The van der Waals surface area contributed by atoms with Crippen molar-refractivity contribution in [1.82, 2.24) is 10.2 Å². The van der Waals surface area contributed by atoms with E-state index in [1.165, 1.54) is 17.0 Å². The number of carbonyl (C=O) groups is 3. The maximum absolute atomic E-state index is 12.8. The Labute approximate surface area is 162 Å². The molecule has 0 radical (unpaired) electrons. The number of carbonyl (C=O) groups excluding carboxylic acids is 2. The number of nitrogens with one attached hydrogen (secondary N) is 2. The van der Waals surface area contributed by atoms with Crippen molar-refractivity contribution >= 4 is 35.2 Å². The minimum atomic E-state index is -1.81. The summed E-state index contributed by atoms with van der Waals surface area (Å²) in [5, 5.41) is 24.7. The van der Waals surface area contributed by atoms with E-state index in [1.54, 1.807) is 6.07 Å². The van der Waals surface area contributed by atoms with Crippen LogP contribution in [0, 0.1) is 0 Å². The van der Waals surface area contributed by atoms with Crippen LogP contribution >= 0.6 is 11.6 Å². The molecule has 8 nitrogen and oxygen atoms in total. The van der Waals surface area contributed by atoms with Crippen LogP contribution < -0.4 is 10.6 Å². The number of carboxylic acid groups (broad SMARTS) is 1. The van der Waals surface area contributed by atoms with Gasteiger partial charge in [-0.15, -0.1) is 0 Å². The highest BCUT2D eigenvalue weighted by Gasteiger charge is 2.40. The monoisotopic (exact) mass is 397 g/mol. The Morgan fingerprint density at radius 1 is 1.19 bits per heavy atom. The van der Waals surface area contributed by atoms with Gasteiger partial charge in [-0.25, -0.2) is 9.59 Å². The molecule has 148 valence electrons. The molecule has 27 heavy (non-hydrogen) atoms. The molecule has 1 fully saturated rings. The Hall–Kier alpha value is -2.32. The highest BCUT2D eigenvalue weighted by atomic mass is 35.5. The van der Waals surface area contributed by atoms with Crippen LogP contribution in [0.15, 0.2) is 18.2 Å². The molecule has 1 aliphatic rings. The SMILES string of the molecule is CC(C)(C)NC(=O)Nc1ccc(Cl)c(C(=O)N2CCC(O)(C(=O)O)CC2)c1. The number of aliphatic hydroxyl groups is 1. The lowest BCUT2D eigenvalue weighted by atomic mass is 9.91. The zero-order valence-electron chi connectivity index (χ0n) is 15.5. The number of hydrogen-bond acceptors (Lipinski definition) is 4. The Morgan fingerprint density at radius 2 is 1.78 bits per heavy atom. The first-order chi connectivity index (χ1) is 12.4. The average molecular weight is 398 g/mol. The number of anilines is 1. The van der Waals surface area contributed by atoms with Crippen molar-refractivity contribution in [2.45, 2.75) is 44.8 Å². The van der Waals surface area contributed by atoms with Crippen LogP contribution in [0.2, 0.25) is 5.02 Å². The molecular weight excluding hydrogens is 374 g/mol. The highest BCUT2D eigenvalue weighted by molar-refractivity contribution is 6.34. The van der Waals surface area contributed by atoms with Crippen molar-refractivity contribution in [2.75, 3.05) is 18.4 Å². The number of amides is 3. The van der Waals surface area contributed by atoms with Crippen molar-refractivity contribution in [1.29, 1.82) is 0 Å². The van der Waals surface area contributed by atoms with Gasteiger partial charge in [-0.2, -0.15) is 0 Å². The summed E-state index contributed by atoms with van der Waals surface area (Å²) in [7, 11) is 0. The zero-order chi connectivity index (χ0) is 20.4. The van der Waals surface area contributed by atoms with Crippen molar-refractivity contribution in [3.63, 3.8) is 0 Å². The van der Waals surface area contributed by atoms with E-state index in [-0.39, 0.29) is 42.4 Å². The molecule has 0 bridgehead atoms. The second-order valence-corrected chi connectivity index (χ2v) is 8.06. The fourth-order valence-corrected chi connectivity index (χ4v) is 2.93. The Morgan fingerprint density at radius 3 is 2.30 bits per heavy atom. The Bertz CT molecular complexity index is 752. The molecule has 1 heterocycles. The number of urea groups is 1. The summed E-state index contributed by atoms with van der Waals surface area (Å²) in [6.07, 6.45) is -0.116. The summed E-state index contributed by atoms with van der Waals surface area (Å²) >= 11 is 6.14. The van der Waals surface area contributed by atoms with Crippen molar-refractivity contribution in [2.24, 2.45) is 0 Å². The van der Waals surface area contributed by atoms with Crippen LogP contribution in [0.3, 0.4) is 0 Å². The van der Waals surface area contributed by atoms with Gasteiger partial charge in [-0.05, 0) is 39.0 Å². The summed E-state index contributed by atoms with van der Waals surface area (Å²) in [4.78, 5) is 37.3. The maximum Gasteiger partial charge on any atom is 0.335 e. The zero-order valence-corrected chi connectivity index (χ0v) is 16.3. The van der Waals surface area contributed by atoms with Crippen LogP contribution in [-0.4, -0.2) is 57.3 Å². The van der Waals surface area contributed by atoms with E-state index in [1.807, 2.05) is 20.8 Å². The van der Waals surface area contributed by atoms with Gasteiger partial charge in [0.25, 0.3) is 5.91 Å². The van der Waals surface area contributed by atoms with E-state index in [4.69, 9.17) is 16.7 Å². The Balaban J connectivity index is 2.11. The topological polar surface area (TPSA) is 119 Å². The first-order valence-electron chi connectivity index (χ1n) is 8.55. The number of carboxylic acids is 1. The summed E-state index contributed by atoms with van der Waals surface area (Å²) in [6.45, 7) is 5.73. The molecule has 9 heteroatoms. The summed E-state index contributed by atoms with van der Waals surface area (Å²) in [5.41, 5.74) is -1.62. The van der Waals surface area contributed by atoms with E-state index in [2.05, 4.69) is 10.6 Å². The fraction of sp³-hybridized carbons (Fsp3) is 0.500. The minimum Gasteiger partial charge on any atom is -0.479 e. The van der Waals surface area contributed by atoms with E-state index in [9.17, 15) is 19.5 Å². The fourth-order valence-electron chi connectivity index (χ4n) is 2.73. The van der Waals surface area contributed by atoms with Crippen molar-refractivity contribution in [3.8, 4) is 0 Å². The van der Waals surface area contributed by atoms with Gasteiger partial charge in [0.2, 0.25) is 0 Å². The lowest BCUT2D eigenvalue weighted by Crippen LogP contribution is -2.50. The lowest BCUT2D eigenvalue weighted by Gasteiger charge is -2.35. The van der Waals surface area contributed by atoms with Gasteiger partial charge in [0.05, 0.1) is 10.6 Å². The van der Waals surface area contributed by atoms with Crippen LogP contribution in [-0.2, 0) is 4.79 Å². The van der Waals surface area contributed by atoms with Gasteiger partial charge < -0.3 is 25.7 Å². The third-order valence-electron chi connectivity index (χ3n) is 4.22. The van der Waals surface area contributed by atoms with Gasteiger partial charge in [0.15, 0.2) is 5.60 Å². The summed E-state index contributed by atoms with van der Waals surface area (Å²) in [5.74, 6) is -1.67. The average Bonchev–Trinajstić information content (AvgIpc) is 2.55. The van der Waals surface area contributed by atoms with Crippen LogP contribution in [0.5, 0.6) is 0 Å². The summed E-state index contributed by atoms with van der Waals surface area (Å²) in [6, 6.07) is 4.16. The third-order valence-corrected chi connectivity index (χ3v) is 4.55. The highest BCUT2D eigenvalue weighted by Crippen LogP contribution is 2.27. The number of likely N-dealkylation sites (tertiary alicyclic amines) is 1. The van der Waals surface area contributed by atoms with E-state index < -0.39 is 23.1 Å². The molecule has 0 atom stereocenters. The first-order valence-corrected chi connectivity index (χ1v) is 8.93. The number of halogens is 1. The molecule has 4 N–H and O–H groups in total. The number of hydrogen-bond donors (Lipinski definition) is 4. The molecule has 0 aliphatic carbocycles. The molecule has 1 aromatic carbocycles. The van der Waals surface area contributed by atoms with Crippen molar-refractivity contribution in [3.05, 3.63) is 28.8 Å². The molecule has 3 amide bonds. The number of aliphatic carboxylic acids is 1. The largest absolute Gasteiger partial charge is 0.479 e. The van der Waals surface area contributed by atoms with E-state index in [0.29, 0.717) is 5.69 Å². The van der Waals surface area contributed by atoms with Gasteiger partial charge in [-0.3, -0.25) is 4.79 Å². The molecule has 1 aromatic rings. The number of piperidine rings is 1. The molecule has 2 rings (SSSR count). The van der Waals surface area contributed by atoms with Crippen LogP contribution in [0.4, 0.5) is 10.5 Å². The quantitative estimate of drug-likeness (QED) is 0.624. The number of rotatable bonds is 3. The molecule has 0 spiro atoms. The summed E-state index contributed by atoms with van der Waals surface area (Å²) < 4.78 is 0. The third kappa shape index (κ3) is 5.33. The van der Waals surface area contributed by atoms with E-state index >= 15 is 0 Å². The molecular formula is C18H24ClN3O5. The molecule has 1 aliphatic heterocycles. The molecule has 1 saturated heterocycles. The molecule has 0 aromatic heterocycles. The lowest BCUT2D eigenvalue weighted by molar-refractivity contribution is -0.162. The second kappa shape index (κ2) is 7.74. The Kier molecular flexibility index (Phi) is 6.01. The number of benzene rings is 1. The normalized spacial score (nSPS) is 16.6. The molecule has 0 saturated carbocycles. The first kappa shape index (κ1) is 21.0. The number of nitrogens with zero attached hydrogens (tertiary/aromatic N) is 1. The smallest absolute Gasteiger partial charge is 0.335 e. The van der Waals surface area contributed by atoms with Crippen LogP contribution in [0.25, 0.3) is 0 Å². The van der Waals surface area contributed by atoms with Gasteiger partial charge in [0.1, 0.15) is 0 Å².